The van der Waals surface area contributed by atoms with Crippen LogP contribution in [0.1, 0.15) is 41.5 Å². The number of carbonyl (C=O) groups excluding carboxylic acids is 1. The van der Waals surface area contributed by atoms with Crippen molar-refractivity contribution in [3.63, 3.8) is 0 Å². The third-order valence-corrected chi connectivity index (χ3v) is 6.29. The third-order valence-electron chi connectivity index (χ3n) is 6.29. The molecule has 1 saturated heterocycles. The van der Waals surface area contributed by atoms with Crippen molar-refractivity contribution < 1.29 is 9.18 Å². The molecule has 0 atom stereocenters. The van der Waals surface area contributed by atoms with E-state index in [0.29, 0.717) is 6.42 Å². The number of fused-ring (bicyclic) bond motifs is 3. The summed E-state index contributed by atoms with van der Waals surface area (Å²) in [7, 11) is 0. The second-order valence-corrected chi connectivity index (χ2v) is 8.27. The van der Waals surface area contributed by atoms with Crippen molar-refractivity contribution in [1.82, 2.24) is 29.7 Å². The zero-order valence-corrected chi connectivity index (χ0v) is 18.1. The molecular formula is C24H24FN7O. The Hall–Kier alpha value is -3.77. The topological polar surface area (TPSA) is 103 Å². The van der Waals surface area contributed by atoms with Crippen LogP contribution < -0.4 is 5.32 Å². The van der Waals surface area contributed by atoms with E-state index in [1.165, 1.54) is 12.1 Å². The first-order valence-electron chi connectivity index (χ1n) is 11.1. The van der Waals surface area contributed by atoms with Gasteiger partial charge in [0.15, 0.2) is 0 Å². The maximum atomic E-state index is 14.0. The average molecular weight is 446 g/mol. The molecule has 3 aromatic heterocycles. The number of nitrogens with one attached hydrogen (secondary N) is 2. The fourth-order valence-corrected chi connectivity index (χ4v) is 4.67. The van der Waals surface area contributed by atoms with Gasteiger partial charge in [-0.2, -0.15) is 5.26 Å². The number of benzene rings is 1. The molecule has 5 rings (SSSR count). The summed E-state index contributed by atoms with van der Waals surface area (Å²) in [6.07, 6.45) is 5.97. The molecule has 0 saturated carbocycles. The Balaban J connectivity index is 1.46. The highest BCUT2D eigenvalue weighted by molar-refractivity contribution is 6.01. The molecule has 0 aliphatic carbocycles. The maximum Gasteiger partial charge on any atom is 0.254 e. The lowest BCUT2D eigenvalue weighted by molar-refractivity contribution is 0.0944. The highest BCUT2D eigenvalue weighted by Gasteiger charge is 2.26. The van der Waals surface area contributed by atoms with E-state index < -0.39 is 11.7 Å². The molecule has 33 heavy (non-hydrogen) atoms. The average Bonchev–Trinajstić information content (AvgIpc) is 3.46. The molecule has 1 fully saturated rings. The number of likely N-dealkylation sites (tertiary alicyclic amines) is 1. The van der Waals surface area contributed by atoms with E-state index in [4.69, 9.17) is 10.2 Å². The van der Waals surface area contributed by atoms with E-state index in [-0.39, 0.29) is 18.2 Å². The molecule has 1 amide bonds. The van der Waals surface area contributed by atoms with Gasteiger partial charge in [0.25, 0.3) is 5.91 Å². The minimum absolute atomic E-state index is 0.0145. The van der Waals surface area contributed by atoms with Gasteiger partial charge in [0.2, 0.25) is 0 Å². The number of imidazole rings is 1. The van der Waals surface area contributed by atoms with Crippen LogP contribution in [0.3, 0.4) is 0 Å². The van der Waals surface area contributed by atoms with E-state index in [9.17, 15) is 9.18 Å². The summed E-state index contributed by atoms with van der Waals surface area (Å²) >= 11 is 0. The van der Waals surface area contributed by atoms with E-state index in [1.54, 1.807) is 18.3 Å². The molecule has 0 unspecified atom stereocenters. The number of hydrogen-bond donors (Lipinski definition) is 2. The minimum atomic E-state index is -0.550. The van der Waals surface area contributed by atoms with E-state index >= 15 is 0 Å². The Labute approximate surface area is 190 Å². The van der Waals surface area contributed by atoms with Crippen LogP contribution >= 0.6 is 0 Å². The standard InChI is InChI=1S/C24H24FN7O/c25-19-5-2-1-4-17(19)24(33)29-15-21-30-20-14-28-23-18(6-10-27-23)22(20)32(21)16-7-12-31(13-8-16)11-3-9-26/h1-2,4-6,10,14,16H,3,7-8,11-13,15H2,(H,27,28)(H,29,33). The number of H-pyrrole nitrogens is 1. The van der Waals surface area contributed by atoms with Crippen LogP contribution in [-0.2, 0) is 6.54 Å². The van der Waals surface area contributed by atoms with Crippen molar-refractivity contribution in [2.45, 2.75) is 31.8 Å². The van der Waals surface area contributed by atoms with Crippen molar-refractivity contribution >= 4 is 28.0 Å². The number of aromatic nitrogens is 4. The van der Waals surface area contributed by atoms with Gasteiger partial charge in [-0.05, 0) is 31.0 Å². The number of carbonyl (C=O) groups is 1. The molecule has 4 heterocycles. The molecule has 0 spiro atoms. The second-order valence-electron chi connectivity index (χ2n) is 8.27. The molecule has 9 heteroatoms. The maximum absolute atomic E-state index is 14.0. The summed E-state index contributed by atoms with van der Waals surface area (Å²) < 4.78 is 16.3. The summed E-state index contributed by atoms with van der Waals surface area (Å²) in [6.45, 7) is 2.76. The van der Waals surface area contributed by atoms with Gasteiger partial charge in [0.05, 0.1) is 29.9 Å². The van der Waals surface area contributed by atoms with Gasteiger partial charge in [-0.15, -0.1) is 0 Å². The SMILES string of the molecule is N#CCCN1CCC(n2c(CNC(=O)c3ccccc3F)nc3cnc4[nH]ccc4c32)CC1. The first kappa shape index (κ1) is 21.1. The lowest BCUT2D eigenvalue weighted by Gasteiger charge is -2.33. The second kappa shape index (κ2) is 9.00. The number of amides is 1. The first-order valence-corrected chi connectivity index (χ1v) is 11.1. The predicted molar refractivity (Wildman–Crippen MR) is 122 cm³/mol. The molecule has 0 radical (unpaired) electrons. The summed E-state index contributed by atoms with van der Waals surface area (Å²) in [4.78, 5) is 27.3. The van der Waals surface area contributed by atoms with Crippen molar-refractivity contribution in [3.05, 3.63) is 59.9 Å². The molecule has 1 aliphatic heterocycles. The largest absolute Gasteiger partial charge is 0.346 e. The van der Waals surface area contributed by atoms with Gasteiger partial charge >= 0.3 is 0 Å². The number of nitrogens with zero attached hydrogens (tertiary/aromatic N) is 5. The molecule has 1 aromatic carbocycles. The Bertz CT molecular complexity index is 1340. The summed E-state index contributed by atoms with van der Waals surface area (Å²) in [5.74, 6) is -0.296. The number of aromatic amines is 1. The lowest BCUT2D eigenvalue weighted by Crippen LogP contribution is -2.36. The van der Waals surface area contributed by atoms with Crippen LogP contribution in [-0.4, -0.2) is 50.0 Å². The Morgan fingerprint density at radius 3 is 2.88 bits per heavy atom. The molecule has 8 nitrogen and oxygen atoms in total. The summed E-state index contributed by atoms with van der Waals surface area (Å²) in [5.41, 5.74) is 2.56. The van der Waals surface area contributed by atoms with Crippen LogP contribution in [0.2, 0.25) is 0 Å². The highest BCUT2D eigenvalue weighted by atomic mass is 19.1. The van der Waals surface area contributed by atoms with Gasteiger partial charge in [-0.1, -0.05) is 12.1 Å². The van der Waals surface area contributed by atoms with Crippen molar-refractivity contribution in [2.75, 3.05) is 19.6 Å². The Morgan fingerprint density at radius 2 is 2.09 bits per heavy atom. The zero-order chi connectivity index (χ0) is 22.8. The smallest absolute Gasteiger partial charge is 0.254 e. The van der Waals surface area contributed by atoms with E-state index in [0.717, 1.165) is 60.4 Å². The molecule has 2 N–H and O–H groups in total. The normalized spacial score (nSPS) is 15.2. The number of pyridine rings is 1. The van der Waals surface area contributed by atoms with Gasteiger partial charge in [0, 0.05) is 43.7 Å². The Kier molecular flexibility index (Phi) is 5.75. The van der Waals surface area contributed by atoms with Crippen LogP contribution in [0.4, 0.5) is 4.39 Å². The molecule has 168 valence electrons. The van der Waals surface area contributed by atoms with Crippen molar-refractivity contribution in [1.29, 1.82) is 5.26 Å². The lowest BCUT2D eigenvalue weighted by atomic mass is 10.0. The number of piperidine rings is 1. The van der Waals surface area contributed by atoms with Gasteiger partial charge in [0.1, 0.15) is 22.8 Å². The fourth-order valence-electron chi connectivity index (χ4n) is 4.67. The van der Waals surface area contributed by atoms with Gasteiger partial charge < -0.3 is 19.8 Å². The van der Waals surface area contributed by atoms with Crippen molar-refractivity contribution in [3.8, 4) is 6.07 Å². The molecule has 0 bridgehead atoms. The highest BCUT2D eigenvalue weighted by Crippen LogP contribution is 2.32. The van der Waals surface area contributed by atoms with Gasteiger partial charge in [-0.25, -0.2) is 14.4 Å². The quantitative estimate of drug-likeness (QED) is 0.473. The summed E-state index contributed by atoms with van der Waals surface area (Å²) in [5, 5.41) is 12.7. The first-order chi connectivity index (χ1) is 16.2. The molecule has 1 aliphatic rings. The Morgan fingerprint density at radius 1 is 1.27 bits per heavy atom. The number of nitriles is 1. The predicted octanol–water partition coefficient (Wildman–Crippen LogP) is 3.53. The third kappa shape index (κ3) is 4.05. The van der Waals surface area contributed by atoms with Crippen LogP contribution in [0.5, 0.6) is 0 Å². The molecular weight excluding hydrogens is 421 g/mol. The molecule has 4 aromatic rings. The van der Waals surface area contributed by atoms with Crippen LogP contribution in [0, 0.1) is 17.1 Å². The summed E-state index contributed by atoms with van der Waals surface area (Å²) in [6, 6.07) is 10.4. The van der Waals surface area contributed by atoms with E-state index in [2.05, 4.69) is 30.8 Å². The zero-order valence-electron chi connectivity index (χ0n) is 18.1. The van der Waals surface area contributed by atoms with Gasteiger partial charge in [-0.3, -0.25) is 4.79 Å². The monoisotopic (exact) mass is 445 g/mol. The van der Waals surface area contributed by atoms with Crippen LogP contribution in [0.15, 0.2) is 42.7 Å². The van der Waals surface area contributed by atoms with Crippen LogP contribution in [0.25, 0.3) is 22.1 Å². The minimum Gasteiger partial charge on any atom is -0.346 e. The number of halogens is 1. The number of rotatable bonds is 6. The van der Waals surface area contributed by atoms with E-state index in [1.807, 2.05) is 12.3 Å². The van der Waals surface area contributed by atoms with Crippen molar-refractivity contribution in [2.24, 2.45) is 0 Å². The number of hydrogen-bond acceptors (Lipinski definition) is 5. The fraction of sp³-hybridized carbons (Fsp3) is 0.333.